The summed E-state index contributed by atoms with van der Waals surface area (Å²) in [4.78, 5) is 11.1. The van der Waals surface area contributed by atoms with Crippen LogP contribution in [0.3, 0.4) is 0 Å². The molecule has 4 rings (SSSR count). The highest BCUT2D eigenvalue weighted by molar-refractivity contribution is 5.29. The predicted octanol–water partition coefficient (Wildman–Crippen LogP) is 2.00. The van der Waals surface area contributed by atoms with Gasteiger partial charge in [-0.2, -0.15) is 0 Å². The van der Waals surface area contributed by atoms with Gasteiger partial charge in [0.1, 0.15) is 0 Å². The van der Waals surface area contributed by atoms with Crippen molar-refractivity contribution >= 4 is 5.95 Å². The van der Waals surface area contributed by atoms with Crippen LogP contribution in [0.4, 0.5) is 5.95 Å². The molecule has 1 saturated heterocycles. The van der Waals surface area contributed by atoms with Gasteiger partial charge in [-0.05, 0) is 43.6 Å². The maximum Gasteiger partial charge on any atom is 0.225 e. The summed E-state index contributed by atoms with van der Waals surface area (Å²) < 4.78 is 0. The molecule has 1 aromatic heterocycles. The Balaban J connectivity index is 1.36. The maximum absolute atomic E-state index is 4.38. The second kappa shape index (κ2) is 5.17. The van der Waals surface area contributed by atoms with Gasteiger partial charge in [-0.25, -0.2) is 9.97 Å². The summed E-state index contributed by atoms with van der Waals surface area (Å²) in [6.45, 7) is 2.13. The van der Waals surface area contributed by atoms with Crippen molar-refractivity contribution in [1.29, 1.82) is 0 Å². The van der Waals surface area contributed by atoms with E-state index < -0.39 is 0 Å². The van der Waals surface area contributed by atoms with Crippen LogP contribution in [0.1, 0.15) is 25.7 Å². The summed E-state index contributed by atoms with van der Waals surface area (Å²) in [7, 11) is 0. The van der Waals surface area contributed by atoms with E-state index in [0.29, 0.717) is 12.1 Å². The Kier molecular flexibility index (Phi) is 3.19. The molecule has 1 saturated carbocycles. The molecule has 0 amide bonds. The Hall–Kier alpha value is -1.42. The van der Waals surface area contributed by atoms with Gasteiger partial charge in [0.05, 0.1) is 0 Å². The van der Waals surface area contributed by atoms with Crippen molar-refractivity contribution in [3.8, 4) is 0 Å². The molecule has 4 atom stereocenters. The second-order valence-electron chi connectivity index (χ2n) is 6.34. The summed E-state index contributed by atoms with van der Waals surface area (Å²) >= 11 is 0. The molecule has 4 heteroatoms. The zero-order valence-electron chi connectivity index (χ0n) is 11.8. The molecule has 0 spiro atoms. The predicted molar refractivity (Wildman–Crippen MR) is 79.5 cm³/mol. The molecule has 106 valence electrons. The van der Waals surface area contributed by atoms with E-state index in [4.69, 9.17) is 0 Å². The minimum absolute atomic E-state index is 0.590. The van der Waals surface area contributed by atoms with Crippen LogP contribution in [-0.4, -0.2) is 35.1 Å². The Morgan fingerprint density at radius 1 is 1.25 bits per heavy atom. The van der Waals surface area contributed by atoms with E-state index in [1.165, 1.54) is 25.7 Å². The molecule has 20 heavy (non-hydrogen) atoms. The number of anilines is 1. The van der Waals surface area contributed by atoms with Gasteiger partial charge in [0.15, 0.2) is 0 Å². The van der Waals surface area contributed by atoms with Gasteiger partial charge in [0, 0.05) is 37.6 Å². The molecule has 0 bridgehead atoms. The quantitative estimate of drug-likeness (QED) is 0.853. The molecular weight excluding hydrogens is 248 g/mol. The number of hydrogen-bond acceptors (Lipinski definition) is 4. The topological polar surface area (TPSA) is 41.0 Å². The first kappa shape index (κ1) is 12.3. The van der Waals surface area contributed by atoms with E-state index in [1.54, 1.807) is 0 Å². The Labute approximate surface area is 120 Å². The fraction of sp³-hybridized carbons (Fsp3) is 0.625. The van der Waals surface area contributed by atoms with Gasteiger partial charge in [0.25, 0.3) is 0 Å². The number of nitrogens with one attached hydrogen (secondary N) is 1. The number of aromatic nitrogens is 2. The highest BCUT2D eigenvalue weighted by Crippen LogP contribution is 2.43. The number of hydrogen-bond donors (Lipinski definition) is 1. The van der Waals surface area contributed by atoms with Gasteiger partial charge < -0.3 is 10.2 Å². The maximum atomic E-state index is 4.38. The van der Waals surface area contributed by atoms with E-state index >= 15 is 0 Å². The standard InChI is InChI=1S/C16H22N4/c1-4-12-10-15(14(12)6-1)19-13-5-2-9-20(11-13)16-17-7-3-8-18-16/h1,3,6-8,12-15,19H,2,4-5,9-11H2. The molecule has 1 N–H and O–H groups in total. The molecule has 2 aliphatic carbocycles. The largest absolute Gasteiger partial charge is 0.339 e. The van der Waals surface area contributed by atoms with Crippen LogP contribution >= 0.6 is 0 Å². The van der Waals surface area contributed by atoms with E-state index in [0.717, 1.165) is 30.9 Å². The van der Waals surface area contributed by atoms with Crippen LogP contribution in [0.15, 0.2) is 30.6 Å². The van der Waals surface area contributed by atoms with Crippen LogP contribution in [0.5, 0.6) is 0 Å². The smallest absolute Gasteiger partial charge is 0.225 e. The lowest BCUT2D eigenvalue weighted by atomic mass is 9.71. The van der Waals surface area contributed by atoms with Gasteiger partial charge in [-0.3, -0.25) is 0 Å². The van der Waals surface area contributed by atoms with Crippen molar-refractivity contribution in [2.24, 2.45) is 11.8 Å². The average molecular weight is 270 g/mol. The third kappa shape index (κ3) is 2.22. The fourth-order valence-electron chi connectivity index (χ4n) is 3.96. The van der Waals surface area contributed by atoms with Crippen molar-refractivity contribution in [1.82, 2.24) is 15.3 Å². The molecule has 3 aliphatic rings. The highest BCUT2D eigenvalue weighted by atomic mass is 15.3. The SMILES string of the molecule is C1=CC2C(C1)CC2NC1CCCN(c2ncccn2)C1. The fourth-order valence-corrected chi connectivity index (χ4v) is 3.96. The molecule has 4 nitrogen and oxygen atoms in total. The van der Waals surface area contributed by atoms with E-state index in [2.05, 4.69) is 32.3 Å². The van der Waals surface area contributed by atoms with Crippen LogP contribution in [-0.2, 0) is 0 Å². The lowest BCUT2D eigenvalue weighted by Gasteiger charge is -2.44. The van der Waals surface area contributed by atoms with Crippen LogP contribution in [0.25, 0.3) is 0 Å². The summed E-state index contributed by atoms with van der Waals surface area (Å²) in [5.74, 6) is 2.62. The van der Waals surface area contributed by atoms with Gasteiger partial charge >= 0.3 is 0 Å². The molecule has 2 fully saturated rings. The van der Waals surface area contributed by atoms with Crippen LogP contribution in [0, 0.1) is 11.8 Å². The van der Waals surface area contributed by atoms with E-state index in [9.17, 15) is 0 Å². The second-order valence-corrected chi connectivity index (χ2v) is 6.34. The Morgan fingerprint density at radius 2 is 2.15 bits per heavy atom. The zero-order valence-corrected chi connectivity index (χ0v) is 11.8. The lowest BCUT2D eigenvalue weighted by molar-refractivity contribution is 0.145. The molecule has 4 unspecified atom stereocenters. The minimum atomic E-state index is 0.590. The summed E-state index contributed by atoms with van der Waals surface area (Å²) in [6, 6.07) is 3.18. The molecule has 0 radical (unpaired) electrons. The van der Waals surface area contributed by atoms with Crippen LogP contribution in [0.2, 0.25) is 0 Å². The third-order valence-electron chi connectivity index (χ3n) is 5.07. The molecule has 0 aromatic carbocycles. The van der Waals surface area contributed by atoms with Crippen LogP contribution < -0.4 is 10.2 Å². The molecule has 1 aliphatic heterocycles. The zero-order chi connectivity index (χ0) is 13.4. The van der Waals surface area contributed by atoms with Crippen molar-refractivity contribution in [2.45, 2.75) is 37.8 Å². The molecule has 2 heterocycles. The van der Waals surface area contributed by atoms with Gasteiger partial charge in [0.2, 0.25) is 5.95 Å². The number of rotatable bonds is 3. The number of nitrogens with zero attached hydrogens (tertiary/aromatic N) is 3. The number of piperidine rings is 1. The minimum Gasteiger partial charge on any atom is -0.339 e. The Bertz CT molecular complexity index is 487. The normalized spacial score (nSPS) is 35.7. The Morgan fingerprint density at radius 3 is 3.00 bits per heavy atom. The van der Waals surface area contributed by atoms with Gasteiger partial charge in [-0.1, -0.05) is 12.2 Å². The van der Waals surface area contributed by atoms with Crippen molar-refractivity contribution < 1.29 is 0 Å². The first-order chi connectivity index (χ1) is 9.90. The summed E-state index contributed by atoms with van der Waals surface area (Å²) in [5, 5.41) is 3.88. The average Bonchev–Trinajstić information content (AvgIpc) is 2.87. The van der Waals surface area contributed by atoms with E-state index in [-0.39, 0.29) is 0 Å². The first-order valence-corrected chi connectivity index (χ1v) is 7.85. The van der Waals surface area contributed by atoms with Crippen molar-refractivity contribution in [2.75, 3.05) is 18.0 Å². The summed E-state index contributed by atoms with van der Waals surface area (Å²) in [5.41, 5.74) is 0. The van der Waals surface area contributed by atoms with E-state index in [1.807, 2.05) is 18.5 Å². The molecule has 1 aromatic rings. The number of fused-ring (bicyclic) bond motifs is 1. The lowest BCUT2D eigenvalue weighted by Crippen LogP contribution is -2.56. The first-order valence-electron chi connectivity index (χ1n) is 7.85. The third-order valence-corrected chi connectivity index (χ3v) is 5.07. The number of allylic oxidation sites excluding steroid dienone is 1. The van der Waals surface area contributed by atoms with Gasteiger partial charge in [-0.15, -0.1) is 0 Å². The van der Waals surface area contributed by atoms with Crippen molar-refractivity contribution in [3.05, 3.63) is 30.6 Å². The van der Waals surface area contributed by atoms with Crippen molar-refractivity contribution in [3.63, 3.8) is 0 Å². The highest BCUT2D eigenvalue weighted by Gasteiger charge is 2.41. The monoisotopic (exact) mass is 270 g/mol. The summed E-state index contributed by atoms with van der Waals surface area (Å²) in [6.07, 6.45) is 13.6. The molecular formula is C16H22N4.